The maximum atomic E-state index is 8.83. The van der Waals surface area contributed by atoms with E-state index in [2.05, 4.69) is 35.0 Å². The lowest BCUT2D eigenvalue weighted by atomic mass is 10.1. The van der Waals surface area contributed by atoms with Crippen LogP contribution in [0.5, 0.6) is 0 Å². The van der Waals surface area contributed by atoms with Crippen molar-refractivity contribution in [1.29, 1.82) is 5.26 Å². The minimum atomic E-state index is 0.765. The van der Waals surface area contributed by atoms with Gasteiger partial charge in [-0.25, -0.2) is 0 Å². The molecule has 1 heterocycles. The number of hydrogen-bond acceptors (Lipinski definition) is 2. The first-order chi connectivity index (χ1) is 6.22. The largest absolute Gasteiger partial charge is 0.192 e. The zero-order chi connectivity index (χ0) is 9.42. The third-order valence-corrected chi connectivity index (χ3v) is 3.77. The topological polar surface area (TPSA) is 23.8 Å². The number of halogens is 1. The number of hydrogen-bond donors (Lipinski definition) is 0. The van der Waals surface area contributed by atoms with Gasteiger partial charge in [0.15, 0.2) is 0 Å². The van der Waals surface area contributed by atoms with Gasteiger partial charge < -0.3 is 0 Å². The minimum Gasteiger partial charge on any atom is -0.192 e. The maximum Gasteiger partial charge on any atom is 0.101 e. The summed E-state index contributed by atoms with van der Waals surface area (Å²) < 4.78 is 2.24. The van der Waals surface area contributed by atoms with Crippen LogP contribution in [0.2, 0.25) is 0 Å². The highest BCUT2D eigenvalue weighted by Crippen LogP contribution is 2.30. The van der Waals surface area contributed by atoms with Crippen LogP contribution in [0.1, 0.15) is 11.1 Å². The fraction of sp³-hybridized carbons (Fsp3) is 0.100. The van der Waals surface area contributed by atoms with Gasteiger partial charge in [-0.3, -0.25) is 0 Å². The van der Waals surface area contributed by atoms with Crippen molar-refractivity contribution in [2.24, 2.45) is 0 Å². The lowest BCUT2D eigenvalue weighted by Gasteiger charge is -1.97. The van der Waals surface area contributed by atoms with Crippen molar-refractivity contribution in [2.75, 3.05) is 0 Å². The van der Waals surface area contributed by atoms with E-state index in [1.807, 2.05) is 11.4 Å². The van der Waals surface area contributed by atoms with Gasteiger partial charge in [0, 0.05) is 19.9 Å². The smallest absolute Gasteiger partial charge is 0.101 e. The Morgan fingerprint density at radius 1 is 1.46 bits per heavy atom. The van der Waals surface area contributed by atoms with E-state index in [1.165, 1.54) is 10.3 Å². The number of rotatable bonds is 0. The lowest BCUT2D eigenvalue weighted by Crippen LogP contribution is -1.75. The van der Waals surface area contributed by atoms with E-state index in [0.717, 1.165) is 15.4 Å². The van der Waals surface area contributed by atoms with Crippen molar-refractivity contribution in [3.05, 3.63) is 33.1 Å². The van der Waals surface area contributed by atoms with Crippen LogP contribution < -0.4 is 0 Å². The Bertz CT molecular complexity index is 507. The molecule has 0 amide bonds. The predicted molar refractivity (Wildman–Crippen MR) is 59.0 cm³/mol. The molecule has 0 fully saturated rings. The van der Waals surface area contributed by atoms with Crippen molar-refractivity contribution in [1.82, 2.24) is 0 Å². The van der Waals surface area contributed by atoms with E-state index in [-0.39, 0.29) is 0 Å². The normalized spacial score (nSPS) is 10.2. The van der Waals surface area contributed by atoms with Crippen LogP contribution in [0.15, 0.2) is 22.0 Å². The Kier molecular flexibility index (Phi) is 2.10. The second-order valence-electron chi connectivity index (χ2n) is 2.86. The van der Waals surface area contributed by atoms with Crippen molar-refractivity contribution >= 4 is 37.4 Å². The van der Waals surface area contributed by atoms with Crippen LogP contribution in [-0.4, -0.2) is 0 Å². The van der Waals surface area contributed by atoms with Crippen LogP contribution in [0.25, 0.3) is 10.1 Å². The summed E-state index contributed by atoms with van der Waals surface area (Å²) in [6, 6.07) is 6.30. The zero-order valence-corrected chi connectivity index (χ0v) is 9.37. The quantitative estimate of drug-likeness (QED) is 0.698. The molecule has 0 spiro atoms. The second-order valence-corrected chi connectivity index (χ2v) is 4.62. The zero-order valence-electron chi connectivity index (χ0n) is 6.97. The van der Waals surface area contributed by atoms with Gasteiger partial charge >= 0.3 is 0 Å². The first-order valence-corrected chi connectivity index (χ1v) is 5.47. The summed E-state index contributed by atoms with van der Waals surface area (Å²) in [6.45, 7) is 2.05. The molecule has 0 saturated carbocycles. The highest BCUT2D eigenvalue weighted by atomic mass is 79.9. The molecule has 0 radical (unpaired) electrons. The molecular weight excluding hydrogens is 246 g/mol. The molecule has 0 aliphatic rings. The molecule has 0 aliphatic heterocycles. The molecule has 0 saturated heterocycles. The molecule has 2 rings (SSSR count). The summed E-state index contributed by atoms with van der Waals surface area (Å²) in [4.78, 5) is 0. The average Bonchev–Trinajstić information content (AvgIpc) is 2.48. The highest BCUT2D eigenvalue weighted by Gasteiger charge is 2.05. The van der Waals surface area contributed by atoms with Gasteiger partial charge in [-0.1, -0.05) is 15.9 Å². The van der Waals surface area contributed by atoms with Gasteiger partial charge in [0.2, 0.25) is 0 Å². The first kappa shape index (κ1) is 8.74. The van der Waals surface area contributed by atoms with Gasteiger partial charge in [-0.05, 0) is 24.6 Å². The van der Waals surface area contributed by atoms with Crippen LogP contribution in [0.3, 0.4) is 0 Å². The SMILES string of the molecule is Cc1cc2scc(C#N)c2cc1Br. The van der Waals surface area contributed by atoms with Crippen LogP contribution in [0.4, 0.5) is 0 Å². The van der Waals surface area contributed by atoms with Gasteiger partial charge in [0.25, 0.3) is 0 Å². The predicted octanol–water partition coefficient (Wildman–Crippen LogP) is 3.84. The molecule has 0 bridgehead atoms. The molecule has 0 atom stereocenters. The second kappa shape index (κ2) is 3.13. The van der Waals surface area contributed by atoms with Crippen LogP contribution in [0, 0.1) is 18.3 Å². The molecule has 2 aromatic rings. The van der Waals surface area contributed by atoms with E-state index in [0.29, 0.717) is 0 Å². The Labute approximate surface area is 88.7 Å². The fourth-order valence-corrected chi connectivity index (χ4v) is 2.54. The lowest BCUT2D eigenvalue weighted by molar-refractivity contribution is 1.47. The standard InChI is InChI=1S/C10H6BrNS/c1-6-2-10-8(3-9(6)11)7(4-12)5-13-10/h2-3,5H,1H3. The first-order valence-electron chi connectivity index (χ1n) is 3.80. The van der Waals surface area contributed by atoms with E-state index < -0.39 is 0 Å². The average molecular weight is 252 g/mol. The summed E-state index contributed by atoms with van der Waals surface area (Å²) in [5.41, 5.74) is 1.97. The molecule has 64 valence electrons. The Morgan fingerprint density at radius 3 is 2.92 bits per heavy atom. The van der Waals surface area contributed by atoms with Gasteiger partial charge in [0.1, 0.15) is 6.07 Å². The summed E-state index contributed by atoms with van der Waals surface area (Å²) in [7, 11) is 0. The number of thiophene rings is 1. The summed E-state index contributed by atoms with van der Waals surface area (Å²) in [6.07, 6.45) is 0. The van der Waals surface area contributed by atoms with E-state index >= 15 is 0 Å². The molecule has 3 heteroatoms. The van der Waals surface area contributed by atoms with Crippen molar-refractivity contribution < 1.29 is 0 Å². The number of nitrogens with zero attached hydrogens (tertiary/aromatic N) is 1. The van der Waals surface area contributed by atoms with Crippen molar-refractivity contribution in [3.63, 3.8) is 0 Å². The van der Waals surface area contributed by atoms with Crippen molar-refractivity contribution in [3.8, 4) is 6.07 Å². The number of fused-ring (bicyclic) bond motifs is 1. The molecular formula is C10H6BrNS. The highest BCUT2D eigenvalue weighted by molar-refractivity contribution is 9.10. The van der Waals surface area contributed by atoms with E-state index in [4.69, 9.17) is 5.26 Å². The summed E-state index contributed by atoms with van der Waals surface area (Å²) in [5.74, 6) is 0. The third-order valence-electron chi connectivity index (χ3n) is 1.98. The van der Waals surface area contributed by atoms with E-state index in [1.54, 1.807) is 11.3 Å². The van der Waals surface area contributed by atoms with Gasteiger partial charge in [0.05, 0.1) is 5.56 Å². The Hall–Kier alpha value is -0.850. The fourth-order valence-electron chi connectivity index (χ4n) is 1.24. The molecule has 0 aliphatic carbocycles. The van der Waals surface area contributed by atoms with Gasteiger partial charge in [-0.2, -0.15) is 5.26 Å². The Balaban J connectivity index is 2.86. The molecule has 0 unspecified atom stereocenters. The summed E-state index contributed by atoms with van der Waals surface area (Å²) in [5, 5.41) is 11.8. The molecule has 1 nitrogen and oxygen atoms in total. The number of benzene rings is 1. The summed E-state index contributed by atoms with van der Waals surface area (Å²) >= 11 is 5.08. The minimum absolute atomic E-state index is 0.765. The van der Waals surface area contributed by atoms with E-state index in [9.17, 15) is 0 Å². The Morgan fingerprint density at radius 2 is 2.23 bits per heavy atom. The maximum absolute atomic E-state index is 8.83. The molecule has 13 heavy (non-hydrogen) atoms. The number of aryl methyl sites for hydroxylation is 1. The molecule has 1 aromatic heterocycles. The van der Waals surface area contributed by atoms with Crippen molar-refractivity contribution in [2.45, 2.75) is 6.92 Å². The number of nitriles is 1. The molecule has 1 aromatic carbocycles. The van der Waals surface area contributed by atoms with Crippen LogP contribution >= 0.6 is 27.3 Å². The third kappa shape index (κ3) is 1.37. The van der Waals surface area contributed by atoms with Gasteiger partial charge in [-0.15, -0.1) is 11.3 Å². The molecule has 0 N–H and O–H groups in total. The van der Waals surface area contributed by atoms with Crippen LogP contribution in [-0.2, 0) is 0 Å². The monoisotopic (exact) mass is 251 g/mol.